The number of nitrogens with two attached hydrogens (primary N) is 1. The maximum atomic E-state index is 14.6. The van der Waals surface area contributed by atoms with Gasteiger partial charge in [-0.25, -0.2) is 9.80 Å². The van der Waals surface area contributed by atoms with E-state index in [1.165, 1.54) is 7.11 Å². The van der Waals surface area contributed by atoms with E-state index in [9.17, 15) is 9.59 Å². The summed E-state index contributed by atoms with van der Waals surface area (Å²) < 4.78 is 23.2. The SMILES string of the molecule is COc1ccc(C(N)(C(=O)OCC2c3ccccc3-c3ccccc32)c2ccc(C(c3ccccc3)N(C)NC(=O)COc3ccccc3)cc2)c(OC)c1. The van der Waals surface area contributed by atoms with Crippen molar-refractivity contribution in [1.82, 2.24) is 10.4 Å². The molecule has 278 valence electrons. The van der Waals surface area contributed by atoms with Crippen LogP contribution in [0.2, 0.25) is 0 Å². The van der Waals surface area contributed by atoms with Gasteiger partial charge in [0.2, 0.25) is 0 Å². The lowest BCUT2D eigenvalue weighted by Crippen LogP contribution is -2.48. The van der Waals surface area contributed by atoms with E-state index in [-0.39, 0.29) is 25.0 Å². The minimum absolute atomic E-state index is 0.0942. The summed E-state index contributed by atoms with van der Waals surface area (Å²) in [5.41, 5.74) is 15.6. The van der Waals surface area contributed by atoms with Gasteiger partial charge in [0.05, 0.1) is 20.3 Å². The molecule has 2 unspecified atom stereocenters. The third kappa shape index (κ3) is 7.53. The molecule has 0 heterocycles. The van der Waals surface area contributed by atoms with Crippen LogP contribution < -0.4 is 25.4 Å². The third-order valence-corrected chi connectivity index (χ3v) is 10.1. The van der Waals surface area contributed by atoms with Crippen molar-refractivity contribution in [3.8, 4) is 28.4 Å². The number of benzene rings is 6. The number of rotatable bonds is 14. The van der Waals surface area contributed by atoms with Gasteiger partial charge < -0.3 is 24.7 Å². The number of hydrazine groups is 1. The number of methoxy groups -OCH3 is 2. The van der Waals surface area contributed by atoms with Crippen molar-refractivity contribution in [2.24, 2.45) is 5.73 Å². The Kier molecular flexibility index (Phi) is 10.9. The van der Waals surface area contributed by atoms with Crippen molar-refractivity contribution in [2.45, 2.75) is 17.5 Å². The minimum atomic E-state index is -1.77. The molecule has 7 rings (SSSR count). The average molecular weight is 734 g/mol. The van der Waals surface area contributed by atoms with Gasteiger partial charge in [-0.3, -0.25) is 10.2 Å². The van der Waals surface area contributed by atoms with Crippen molar-refractivity contribution in [3.63, 3.8) is 0 Å². The molecule has 9 heteroatoms. The topological polar surface area (TPSA) is 112 Å². The Morgan fingerprint density at radius 3 is 1.91 bits per heavy atom. The lowest BCUT2D eigenvalue weighted by molar-refractivity contribution is -0.149. The smallest absolute Gasteiger partial charge is 0.335 e. The minimum Gasteiger partial charge on any atom is -0.497 e. The summed E-state index contributed by atoms with van der Waals surface area (Å²) in [6.45, 7) is -0.0642. The van der Waals surface area contributed by atoms with Crippen molar-refractivity contribution < 1.29 is 28.5 Å². The summed E-state index contributed by atoms with van der Waals surface area (Å²) in [5.74, 6) is 0.430. The molecular weight excluding hydrogens is 691 g/mol. The molecule has 1 aliphatic carbocycles. The molecule has 6 aromatic rings. The molecule has 0 saturated carbocycles. The van der Waals surface area contributed by atoms with Crippen molar-refractivity contribution in [2.75, 3.05) is 34.5 Å². The van der Waals surface area contributed by atoms with Crippen LogP contribution >= 0.6 is 0 Å². The van der Waals surface area contributed by atoms with Crippen LogP contribution in [0.1, 0.15) is 45.3 Å². The van der Waals surface area contributed by atoms with Crippen LogP contribution in [0.3, 0.4) is 0 Å². The van der Waals surface area contributed by atoms with E-state index in [4.69, 9.17) is 24.7 Å². The number of ether oxygens (including phenoxy) is 4. The van der Waals surface area contributed by atoms with Crippen molar-refractivity contribution >= 4 is 11.9 Å². The second kappa shape index (κ2) is 16.3. The normalized spacial score (nSPS) is 13.5. The van der Waals surface area contributed by atoms with Gasteiger partial charge in [-0.1, -0.05) is 121 Å². The van der Waals surface area contributed by atoms with Gasteiger partial charge in [-0.05, 0) is 63.2 Å². The number of hydrogen-bond donors (Lipinski definition) is 2. The standard InChI is InChI=1S/C46H43N3O6/c1-49(48-43(50)30-54-34-16-8-5-9-17-34)44(31-14-6-4-7-15-31)32-22-24-33(25-23-32)46(47,41-27-26-35(52-2)28-42(41)53-3)45(51)55-29-40-38-20-12-10-18-36(38)37-19-11-13-21-39(37)40/h4-28,40,44H,29-30,47H2,1-3H3,(H,48,50). The second-order valence-electron chi connectivity index (χ2n) is 13.4. The van der Waals surface area contributed by atoms with Gasteiger partial charge >= 0.3 is 5.97 Å². The highest BCUT2D eigenvalue weighted by molar-refractivity contribution is 5.88. The summed E-state index contributed by atoms with van der Waals surface area (Å²) in [4.78, 5) is 27.6. The summed E-state index contributed by atoms with van der Waals surface area (Å²) in [6.07, 6.45) is 0. The highest BCUT2D eigenvalue weighted by Crippen LogP contribution is 2.45. The predicted molar refractivity (Wildman–Crippen MR) is 212 cm³/mol. The first-order valence-electron chi connectivity index (χ1n) is 18.0. The van der Waals surface area contributed by atoms with Crippen LogP contribution in [-0.4, -0.2) is 51.4 Å². The Hall–Kier alpha value is -6.42. The molecule has 55 heavy (non-hydrogen) atoms. The Labute approximate surface area is 321 Å². The van der Waals surface area contributed by atoms with Gasteiger partial charge in [0.25, 0.3) is 5.91 Å². The van der Waals surface area contributed by atoms with E-state index in [0.717, 1.165) is 33.4 Å². The molecule has 3 N–H and O–H groups in total. The Bertz CT molecular complexity index is 2220. The molecule has 0 fully saturated rings. The zero-order valence-electron chi connectivity index (χ0n) is 31.0. The number of esters is 1. The fourth-order valence-corrected chi connectivity index (χ4v) is 7.38. The van der Waals surface area contributed by atoms with Crippen molar-refractivity contribution in [1.29, 1.82) is 0 Å². The third-order valence-electron chi connectivity index (χ3n) is 10.1. The molecule has 1 amide bonds. The van der Waals surface area contributed by atoms with Gasteiger partial charge in [-0.2, -0.15) is 0 Å². The highest BCUT2D eigenvalue weighted by atomic mass is 16.5. The molecule has 0 aromatic heterocycles. The molecule has 0 radical (unpaired) electrons. The highest BCUT2D eigenvalue weighted by Gasteiger charge is 2.43. The summed E-state index contributed by atoms with van der Waals surface area (Å²) in [6, 6.07) is 47.6. The quantitative estimate of drug-likeness (QED) is 0.0881. The predicted octanol–water partition coefficient (Wildman–Crippen LogP) is 7.39. The maximum absolute atomic E-state index is 14.6. The largest absolute Gasteiger partial charge is 0.497 e. The van der Waals surface area contributed by atoms with Gasteiger partial charge in [-0.15, -0.1) is 0 Å². The Morgan fingerprint density at radius 2 is 1.29 bits per heavy atom. The van der Waals surface area contributed by atoms with Crippen LogP contribution in [0.25, 0.3) is 11.1 Å². The Balaban J connectivity index is 1.20. The van der Waals surface area contributed by atoms with E-state index in [1.807, 2.05) is 97.1 Å². The fourth-order valence-electron chi connectivity index (χ4n) is 7.38. The molecule has 0 saturated heterocycles. The van der Waals surface area contributed by atoms with Crippen molar-refractivity contribution in [3.05, 3.63) is 185 Å². The summed E-state index contributed by atoms with van der Waals surface area (Å²) in [5, 5.41) is 1.74. The van der Waals surface area contributed by atoms with E-state index >= 15 is 0 Å². The summed E-state index contributed by atoms with van der Waals surface area (Å²) >= 11 is 0. The van der Waals surface area contributed by atoms with Crippen LogP contribution in [0.5, 0.6) is 17.2 Å². The van der Waals surface area contributed by atoms with E-state index in [1.54, 1.807) is 49.5 Å². The molecule has 6 aromatic carbocycles. The van der Waals surface area contributed by atoms with Crippen LogP contribution in [0, 0.1) is 0 Å². The molecule has 0 aliphatic heterocycles. The van der Waals surface area contributed by atoms with Crippen LogP contribution in [0.15, 0.2) is 152 Å². The number of nitrogens with one attached hydrogen (secondary N) is 1. The monoisotopic (exact) mass is 733 g/mol. The number of para-hydroxylation sites is 1. The number of carbonyl (C=O) groups is 2. The van der Waals surface area contributed by atoms with Crippen LogP contribution in [0.4, 0.5) is 0 Å². The molecule has 1 aliphatic rings. The first kappa shape index (κ1) is 36.9. The fraction of sp³-hybridized carbons (Fsp3) is 0.174. The number of carbonyl (C=O) groups excluding carboxylic acids is 2. The van der Waals surface area contributed by atoms with E-state index < -0.39 is 17.6 Å². The number of nitrogens with zero attached hydrogens (tertiary/aromatic N) is 1. The first-order chi connectivity index (χ1) is 26.8. The maximum Gasteiger partial charge on any atom is 0.335 e. The number of fused-ring (bicyclic) bond motifs is 3. The molecule has 0 bridgehead atoms. The number of hydrogen-bond acceptors (Lipinski definition) is 8. The lowest BCUT2D eigenvalue weighted by atomic mass is 9.82. The lowest BCUT2D eigenvalue weighted by Gasteiger charge is -2.32. The summed E-state index contributed by atoms with van der Waals surface area (Å²) in [7, 11) is 4.89. The van der Waals surface area contributed by atoms with Gasteiger partial charge in [0.1, 0.15) is 23.9 Å². The van der Waals surface area contributed by atoms with Gasteiger partial charge in [0, 0.05) is 24.6 Å². The Morgan fingerprint density at radius 1 is 0.709 bits per heavy atom. The molecule has 0 spiro atoms. The average Bonchev–Trinajstić information content (AvgIpc) is 3.55. The zero-order valence-corrected chi connectivity index (χ0v) is 31.0. The zero-order chi connectivity index (χ0) is 38.4. The first-order valence-corrected chi connectivity index (χ1v) is 18.0. The molecular formula is C46H43N3O6. The van der Waals surface area contributed by atoms with E-state index in [0.29, 0.717) is 28.4 Å². The van der Waals surface area contributed by atoms with Crippen LogP contribution in [-0.2, 0) is 19.9 Å². The van der Waals surface area contributed by atoms with E-state index in [2.05, 4.69) is 29.7 Å². The molecule has 9 nitrogen and oxygen atoms in total. The number of amides is 1. The van der Waals surface area contributed by atoms with Gasteiger partial charge in [0.15, 0.2) is 12.1 Å². The second-order valence-corrected chi connectivity index (χ2v) is 13.4. The molecule has 2 atom stereocenters.